The quantitative estimate of drug-likeness (QED) is 0.167. The molecule has 10 aromatic rings. The fourth-order valence-corrected chi connectivity index (χ4v) is 9.01. The van der Waals surface area contributed by atoms with Crippen LogP contribution in [0.4, 0.5) is 5.69 Å². The van der Waals surface area contributed by atoms with Crippen LogP contribution in [0.1, 0.15) is 0 Å². The third-order valence-corrected chi connectivity index (χ3v) is 11.5. The van der Waals surface area contributed by atoms with Crippen molar-refractivity contribution in [3.05, 3.63) is 157 Å². The number of hydrogen-bond donors (Lipinski definition) is 0. The van der Waals surface area contributed by atoms with Crippen LogP contribution in [-0.4, -0.2) is 24.9 Å². The van der Waals surface area contributed by atoms with E-state index in [1.807, 2.05) is 97.1 Å². The zero-order chi connectivity index (χ0) is 34.6. The minimum atomic E-state index is 0.567. The summed E-state index contributed by atoms with van der Waals surface area (Å²) in [6.07, 6.45) is 0. The summed E-state index contributed by atoms with van der Waals surface area (Å²) < 4.78 is 4.40. The largest absolute Gasteiger partial charge is 0.237 e. The zero-order valence-corrected chi connectivity index (χ0v) is 29.0. The number of fused-ring (bicyclic) bond motifs is 6. The van der Waals surface area contributed by atoms with Gasteiger partial charge in [-0.15, -0.1) is 22.7 Å². The summed E-state index contributed by atoms with van der Waals surface area (Å²) in [7, 11) is 0. The second-order valence-electron chi connectivity index (χ2n) is 12.3. The van der Waals surface area contributed by atoms with Crippen molar-refractivity contribution in [1.82, 2.24) is 24.9 Å². The summed E-state index contributed by atoms with van der Waals surface area (Å²) in [6.45, 7) is 7.90. The van der Waals surface area contributed by atoms with Gasteiger partial charge in [-0.1, -0.05) is 115 Å². The number of aromatic nitrogens is 5. The van der Waals surface area contributed by atoms with Crippen molar-refractivity contribution in [2.45, 2.75) is 0 Å². The summed E-state index contributed by atoms with van der Waals surface area (Å²) in [5.41, 5.74) is 6.72. The van der Waals surface area contributed by atoms with E-state index in [4.69, 9.17) is 31.5 Å². The molecule has 52 heavy (non-hydrogen) atoms. The van der Waals surface area contributed by atoms with Gasteiger partial charge in [0.25, 0.3) is 0 Å². The Morgan fingerprint density at radius 3 is 1.83 bits per heavy atom. The molecule has 4 aromatic heterocycles. The van der Waals surface area contributed by atoms with E-state index < -0.39 is 0 Å². The van der Waals surface area contributed by atoms with Crippen LogP contribution in [0.25, 0.3) is 102 Å². The number of hydrogen-bond acceptors (Lipinski definition) is 7. The summed E-state index contributed by atoms with van der Waals surface area (Å²) >= 11 is 3.41. The van der Waals surface area contributed by atoms with E-state index >= 15 is 0 Å². The molecule has 0 aliphatic carbocycles. The molecule has 4 heterocycles. The maximum absolute atomic E-state index is 7.90. The highest BCUT2D eigenvalue weighted by molar-refractivity contribution is 7.26. The lowest BCUT2D eigenvalue weighted by molar-refractivity contribution is 1.08. The van der Waals surface area contributed by atoms with E-state index in [-0.39, 0.29) is 0 Å². The molecule has 0 aliphatic heterocycles. The van der Waals surface area contributed by atoms with Crippen LogP contribution in [0.2, 0.25) is 0 Å². The van der Waals surface area contributed by atoms with Gasteiger partial charge in [-0.25, -0.2) is 29.8 Å². The minimum absolute atomic E-state index is 0.567. The molecule has 0 N–H and O–H groups in total. The summed E-state index contributed by atoms with van der Waals surface area (Å²) in [4.78, 5) is 29.3. The Labute approximate surface area is 306 Å². The van der Waals surface area contributed by atoms with E-state index in [9.17, 15) is 0 Å². The van der Waals surface area contributed by atoms with Crippen LogP contribution in [-0.2, 0) is 0 Å². The Morgan fingerprint density at radius 1 is 0.442 bits per heavy atom. The Bertz CT molecular complexity index is 2980. The van der Waals surface area contributed by atoms with Crippen LogP contribution in [0.5, 0.6) is 0 Å². The molecule has 0 saturated carbocycles. The number of nitrogens with zero attached hydrogens (tertiary/aromatic N) is 6. The maximum Gasteiger partial charge on any atom is 0.196 e. The zero-order valence-electron chi connectivity index (χ0n) is 27.4. The van der Waals surface area contributed by atoms with Crippen LogP contribution in [0.15, 0.2) is 146 Å². The van der Waals surface area contributed by atoms with Crippen molar-refractivity contribution in [3.63, 3.8) is 0 Å². The van der Waals surface area contributed by atoms with Gasteiger partial charge in [-0.3, -0.25) is 0 Å². The monoisotopic (exact) mass is 700 g/mol. The van der Waals surface area contributed by atoms with Gasteiger partial charge in [-0.05, 0) is 30.3 Å². The SMILES string of the molecule is [C-]#[N+]c1ccccc1-c1nc(-c2ccc3sc4cccc(-c5nc(-c6ccccc6)nc(-c6ccccc6)n5)c4c3c2)nc2c1sc1ccccc12. The molecule has 0 amide bonds. The second kappa shape index (κ2) is 12.3. The van der Waals surface area contributed by atoms with Crippen LogP contribution >= 0.6 is 22.7 Å². The summed E-state index contributed by atoms with van der Waals surface area (Å²) in [6, 6.07) is 48.9. The topological polar surface area (TPSA) is 68.8 Å². The number of thiophene rings is 2. The number of rotatable bonds is 5. The standard InChI is InChI=1S/C44H24N6S2/c1-45-33-20-10-8-17-29(33)38-40-39(30-18-9-11-21-34(30)52-40)47-43(46-38)28-23-24-35-32(25-28)37-31(19-12-22-36(37)51-35)44-49-41(26-13-4-2-5-14-26)48-42(50-44)27-15-6-3-7-16-27/h2-25H. The molecular weight excluding hydrogens is 677 g/mol. The first kappa shape index (κ1) is 30.2. The predicted molar refractivity (Wildman–Crippen MR) is 215 cm³/mol. The van der Waals surface area contributed by atoms with Crippen molar-refractivity contribution in [1.29, 1.82) is 0 Å². The second-order valence-corrected chi connectivity index (χ2v) is 14.5. The first-order valence-corrected chi connectivity index (χ1v) is 18.3. The van der Waals surface area contributed by atoms with Crippen molar-refractivity contribution >= 4 is 68.8 Å². The smallest absolute Gasteiger partial charge is 0.196 e. The van der Waals surface area contributed by atoms with Gasteiger partial charge in [-0.2, -0.15) is 0 Å². The average Bonchev–Trinajstić information content (AvgIpc) is 3.79. The van der Waals surface area contributed by atoms with Gasteiger partial charge >= 0.3 is 0 Å². The molecular formula is C44H24N6S2. The average molecular weight is 701 g/mol. The van der Waals surface area contributed by atoms with E-state index in [0.717, 1.165) is 74.0 Å². The van der Waals surface area contributed by atoms with E-state index in [1.54, 1.807) is 22.7 Å². The van der Waals surface area contributed by atoms with Crippen molar-refractivity contribution < 1.29 is 0 Å². The van der Waals surface area contributed by atoms with Gasteiger partial charge in [0.1, 0.15) is 0 Å². The lowest BCUT2D eigenvalue weighted by atomic mass is 10.0. The molecule has 0 unspecified atom stereocenters. The number of para-hydroxylation sites is 1. The molecule has 0 saturated heterocycles. The molecule has 0 atom stereocenters. The lowest BCUT2D eigenvalue weighted by Crippen LogP contribution is -2.00. The Balaban J connectivity index is 1.21. The summed E-state index contributed by atoms with van der Waals surface area (Å²) in [5, 5.41) is 3.24. The Hall–Kier alpha value is -6.66. The maximum atomic E-state index is 7.90. The fraction of sp³-hybridized carbons (Fsp3) is 0. The van der Waals surface area contributed by atoms with Gasteiger partial charge in [0.2, 0.25) is 0 Å². The van der Waals surface area contributed by atoms with Crippen molar-refractivity contribution in [3.8, 4) is 56.8 Å². The van der Waals surface area contributed by atoms with Gasteiger partial charge in [0, 0.05) is 58.1 Å². The van der Waals surface area contributed by atoms with E-state index in [0.29, 0.717) is 29.0 Å². The van der Waals surface area contributed by atoms with Crippen LogP contribution < -0.4 is 0 Å². The fourth-order valence-electron chi connectivity index (χ4n) is 6.76. The molecule has 8 heteroatoms. The third-order valence-electron chi connectivity index (χ3n) is 9.19. The first-order valence-electron chi connectivity index (χ1n) is 16.7. The first-order chi connectivity index (χ1) is 25.7. The molecule has 242 valence electrons. The molecule has 6 nitrogen and oxygen atoms in total. The minimum Gasteiger partial charge on any atom is -0.237 e. The van der Waals surface area contributed by atoms with E-state index in [1.165, 1.54) is 0 Å². The van der Waals surface area contributed by atoms with Gasteiger partial charge in [0.05, 0.1) is 22.5 Å². The van der Waals surface area contributed by atoms with Gasteiger partial charge < -0.3 is 0 Å². The number of benzene rings is 6. The third kappa shape index (κ3) is 5.03. The van der Waals surface area contributed by atoms with Crippen molar-refractivity contribution in [2.24, 2.45) is 0 Å². The normalized spacial score (nSPS) is 11.4. The van der Waals surface area contributed by atoms with Crippen LogP contribution in [0, 0.1) is 6.57 Å². The summed E-state index contributed by atoms with van der Waals surface area (Å²) in [5.74, 6) is 2.48. The molecule has 0 bridgehead atoms. The molecule has 0 spiro atoms. The highest BCUT2D eigenvalue weighted by Crippen LogP contribution is 2.44. The molecule has 6 aromatic carbocycles. The molecule has 0 fully saturated rings. The molecule has 10 rings (SSSR count). The Morgan fingerprint density at radius 2 is 1.06 bits per heavy atom. The predicted octanol–water partition coefficient (Wildman–Crippen LogP) is 12.3. The van der Waals surface area contributed by atoms with Crippen LogP contribution in [0.3, 0.4) is 0 Å². The highest BCUT2D eigenvalue weighted by Gasteiger charge is 2.21. The highest BCUT2D eigenvalue weighted by atomic mass is 32.1. The van der Waals surface area contributed by atoms with E-state index in [2.05, 4.69) is 53.4 Å². The lowest BCUT2D eigenvalue weighted by Gasteiger charge is -2.10. The van der Waals surface area contributed by atoms with Crippen molar-refractivity contribution in [2.75, 3.05) is 0 Å². The molecule has 0 aliphatic rings. The Kier molecular flexibility index (Phi) is 7.13. The molecule has 0 radical (unpaired) electrons. The van der Waals surface area contributed by atoms with Gasteiger partial charge in [0.15, 0.2) is 29.0 Å².